The number of rotatable bonds is 7. The maximum atomic E-state index is 12.9. The van der Waals surface area contributed by atoms with E-state index in [1.165, 1.54) is 0 Å². The number of benzene rings is 1. The van der Waals surface area contributed by atoms with Crippen LogP contribution in [0.5, 0.6) is 0 Å². The summed E-state index contributed by atoms with van der Waals surface area (Å²) in [5, 5.41) is 11.6. The summed E-state index contributed by atoms with van der Waals surface area (Å²) < 4.78 is 1.74. The van der Waals surface area contributed by atoms with Gasteiger partial charge in [-0.25, -0.2) is 0 Å². The number of hydrogen-bond donors (Lipinski definition) is 3. The van der Waals surface area contributed by atoms with Gasteiger partial charge in [-0.1, -0.05) is 0 Å². The fourth-order valence-corrected chi connectivity index (χ4v) is 3.19. The van der Waals surface area contributed by atoms with Crippen molar-refractivity contribution >= 4 is 33.4 Å². The number of pyridine rings is 1. The van der Waals surface area contributed by atoms with Crippen LogP contribution >= 0.6 is 0 Å². The van der Waals surface area contributed by atoms with Crippen LogP contribution in [0.25, 0.3) is 21.8 Å². The van der Waals surface area contributed by atoms with Crippen LogP contribution in [0.4, 0.5) is 5.69 Å². The van der Waals surface area contributed by atoms with E-state index in [0.29, 0.717) is 49.1 Å². The lowest BCUT2D eigenvalue weighted by Crippen LogP contribution is -2.23. The molecule has 0 atom stereocenters. The molecule has 1 aromatic carbocycles. The highest BCUT2D eigenvalue weighted by Crippen LogP contribution is 2.26. The Bertz CT molecular complexity index is 1030. The van der Waals surface area contributed by atoms with Crippen molar-refractivity contribution in [2.24, 2.45) is 5.73 Å². The lowest BCUT2D eigenvalue weighted by atomic mass is 10.1. The number of anilines is 1. The molecule has 1 amide bonds. The highest BCUT2D eigenvalue weighted by Gasteiger charge is 2.16. The van der Waals surface area contributed by atoms with E-state index in [-0.39, 0.29) is 11.5 Å². The van der Waals surface area contributed by atoms with Gasteiger partial charge in [0.25, 0.3) is 5.56 Å². The lowest BCUT2D eigenvalue weighted by Gasteiger charge is -2.13. The van der Waals surface area contributed by atoms with Crippen molar-refractivity contribution in [3.05, 3.63) is 34.2 Å². The summed E-state index contributed by atoms with van der Waals surface area (Å²) in [6.45, 7) is 3.57. The van der Waals surface area contributed by atoms with Gasteiger partial charge in [0.1, 0.15) is 5.52 Å². The van der Waals surface area contributed by atoms with Gasteiger partial charge in [0.15, 0.2) is 0 Å². The monoisotopic (exact) mass is 370 g/mol. The Morgan fingerprint density at radius 2 is 2.15 bits per heavy atom. The average Bonchev–Trinajstić information content (AvgIpc) is 3.02. The fraction of sp³-hybridized carbons (Fsp3) is 0.421. The van der Waals surface area contributed by atoms with Crippen LogP contribution in [0.2, 0.25) is 0 Å². The molecule has 2 aromatic heterocycles. The Morgan fingerprint density at radius 1 is 1.37 bits per heavy atom. The highest BCUT2D eigenvalue weighted by molar-refractivity contribution is 6.06. The zero-order chi connectivity index (χ0) is 19.6. The van der Waals surface area contributed by atoms with Crippen molar-refractivity contribution in [3.63, 3.8) is 0 Å². The van der Waals surface area contributed by atoms with E-state index in [9.17, 15) is 9.59 Å². The number of fused-ring (bicyclic) bond motifs is 3. The first kappa shape index (κ1) is 19.1. The van der Waals surface area contributed by atoms with E-state index in [1.807, 2.05) is 44.1 Å². The summed E-state index contributed by atoms with van der Waals surface area (Å²) in [4.78, 5) is 27.0. The SMILES string of the molecule is Cc1[nH]nc2c1c(=O)n(CCCN)c1ccc(NC(=O)CCN(C)C)cc21. The number of aromatic nitrogens is 3. The molecular weight excluding hydrogens is 344 g/mol. The van der Waals surface area contributed by atoms with Gasteiger partial charge in [-0.2, -0.15) is 5.10 Å². The second-order valence-electron chi connectivity index (χ2n) is 7.00. The normalized spacial score (nSPS) is 11.6. The molecule has 0 spiro atoms. The summed E-state index contributed by atoms with van der Waals surface area (Å²) >= 11 is 0. The van der Waals surface area contributed by atoms with E-state index in [1.54, 1.807) is 4.57 Å². The summed E-state index contributed by atoms with van der Waals surface area (Å²) in [6.07, 6.45) is 1.12. The summed E-state index contributed by atoms with van der Waals surface area (Å²) in [6, 6.07) is 5.56. The fourth-order valence-electron chi connectivity index (χ4n) is 3.19. The van der Waals surface area contributed by atoms with Crippen LogP contribution in [0.15, 0.2) is 23.0 Å². The van der Waals surface area contributed by atoms with Crippen LogP contribution in [-0.2, 0) is 11.3 Å². The number of carbonyl (C=O) groups excluding carboxylic acids is 1. The molecule has 0 radical (unpaired) electrons. The molecule has 2 heterocycles. The first-order chi connectivity index (χ1) is 12.9. The van der Waals surface area contributed by atoms with Gasteiger partial charge in [-0.3, -0.25) is 14.7 Å². The maximum absolute atomic E-state index is 12.9. The standard InChI is InChI=1S/C19H26N6O2/c1-12-17-18(23-22-12)14-11-13(21-16(26)7-10-24(2)3)5-6-15(14)25(19(17)27)9-4-8-20/h5-6,11H,4,7-10,20H2,1-3H3,(H,21,26)(H,22,23). The van der Waals surface area contributed by atoms with Crippen LogP contribution in [0.1, 0.15) is 18.5 Å². The third-order valence-electron chi connectivity index (χ3n) is 4.60. The average molecular weight is 370 g/mol. The minimum Gasteiger partial charge on any atom is -0.330 e. The van der Waals surface area contributed by atoms with Gasteiger partial charge in [-0.05, 0) is 52.2 Å². The lowest BCUT2D eigenvalue weighted by molar-refractivity contribution is -0.116. The molecule has 0 saturated carbocycles. The molecule has 8 heteroatoms. The molecule has 144 valence electrons. The first-order valence-corrected chi connectivity index (χ1v) is 9.08. The number of carbonyl (C=O) groups is 1. The molecule has 0 unspecified atom stereocenters. The molecule has 4 N–H and O–H groups in total. The number of nitrogens with one attached hydrogen (secondary N) is 2. The number of aryl methyl sites for hydroxylation is 2. The number of hydrogen-bond acceptors (Lipinski definition) is 5. The molecule has 0 aliphatic rings. The van der Waals surface area contributed by atoms with E-state index >= 15 is 0 Å². The van der Waals surface area contributed by atoms with Crippen LogP contribution in [0, 0.1) is 6.92 Å². The largest absolute Gasteiger partial charge is 0.330 e. The van der Waals surface area contributed by atoms with Crippen molar-refractivity contribution in [3.8, 4) is 0 Å². The van der Waals surface area contributed by atoms with Crippen molar-refractivity contribution in [1.29, 1.82) is 0 Å². The van der Waals surface area contributed by atoms with Crippen LogP contribution < -0.4 is 16.6 Å². The minimum atomic E-state index is -0.0695. The van der Waals surface area contributed by atoms with Gasteiger partial charge in [0, 0.05) is 36.3 Å². The van der Waals surface area contributed by atoms with Crippen LogP contribution in [-0.4, -0.2) is 52.8 Å². The van der Waals surface area contributed by atoms with Crippen molar-refractivity contribution in [2.75, 3.05) is 32.5 Å². The summed E-state index contributed by atoms with van der Waals surface area (Å²) in [5.41, 5.74) is 8.41. The number of aromatic amines is 1. The Labute approximate surface area is 157 Å². The molecule has 0 aliphatic carbocycles. The van der Waals surface area contributed by atoms with E-state index in [0.717, 1.165) is 16.6 Å². The second kappa shape index (κ2) is 7.89. The highest BCUT2D eigenvalue weighted by atomic mass is 16.1. The molecule has 27 heavy (non-hydrogen) atoms. The zero-order valence-corrected chi connectivity index (χ0v) is 16.0. The minimum absolute atomic E-state index is 0.0473. The van der Waals surface area contributed by atoms with Crippen LogP contribution in [0.3, 0.4) is 0 Å². The van der Waals surface area contributed by atoms with E-state index in [4.69, 9.17) is 5.73 Å². The van der Waals surface area contributed by atoms with Gasteiger partial charge in [0.05, 0.1) is 10.9 Å². The quantitative estimate of drug-likeness (QED) is 0.583. The van der Waals surface area contributed by atoms with Gasteiger partial charge in [-0.15, -0.1) is 0 Å². The van der Waals surface area contributed by atoms with Crippen molar-refractivity contribution in [1.82, 2.24) is 19.7 Å². The van der Waals surface area contributed by atoms with Gasteiger partial charge >= 0.3 is 0 Å². The molecule has 3 rings (SSSR count). The second-order valence-corrected chi connectivity index (χ2v) is 7.00. The number of amides is 1. The predicted molar refractivity (Wildman–Crippen MR) is 108 cm³/mol. The molecule has 0 saturated heterocycles. The Hall–Kier alpha value is -2.71. The molecule has 0 bridgehead atoms. The summed E-state index contributed by atoms with van der Waals surface area (Å²) in [5.74, 6) is -0.0473. The van der Waals surface area contributed by atoms with Crippen molar-refractivity contribution < 1.29 is 4.79 Å². The Morgan fingerprint density at radius 3 is 2.85 bits per heavy atom. The topological polar surface area (TPSA) is 109 Å². The smallest absolute Gasteiger partial charge is 0.262 e. The third kappa shape index (κ3) is 3.86. The third-order valence-corrected chi connectivity index (χ3v) is 4.60. The Balaban J connectivity index is 2.07. The molecule has 3 aromatic rings. The number of nitrogens with two attached hydrogens (primary N) is 1. The number of nitrogens with zero attached hydrogens (tertiary/aromatic N) is 3. The van der Waals surface area contributed by atoms with Gasteiger partial charge < -0.3 is 20.5 Å². The molecule has 0 fully saturated rings. The molecule has 0 aliphatic heterocycles. The first-order valence-electron chi connectivity index (χ1n) is 9.08. The molecular formula is C19H26N6O2. The van der Waals surface area contributed by atoms with E-state index in [2.05, 4.69) is 15.5 Å². The zero-order valence-electron chi connectivity index (χ0n) is 16.0. The Kier molecular flexibility index (Phi) is 5.57. The number of H-pyrrole nitrogens is 1. The predicted octanol–water partition coefficient (Wildman–Crippen LogP) is 1.43. The van der Waals surface area contributed by atoms with Crippen molar-refractivity contribution in [2.45, 2.75) is 26.3 Å². The summed E-state index contributed by atoms with van der Waals surface area (Å²) in [7, 11) is 3.86. The van der Waals surface area contributed by atoms with E-state index < -0.39 is 0 Å². The van der Waals surface area contributed by atoms with Gasteiger partial charge in [0.2, 0.25) is 5.91 Å². The maximum Gasteiger partial charge on any atom is 0.262 e. The molecule has 8 nitrogen and oxygen atoms in total.